The molecule has 1 spiro atoms. The van der Waals surface area contributed by atoms with Crippen LogP contribution >= 0.6 is 0 Å². The molecule has 2 aliphatic rings. The van der Waals surface area contributed by atoms with Crippen molar-refractivity contribution >= 4 is 21.6 Å². The summed E-state index contributed by atoms with van der Waals surface area (Å²) in [6, 6.07) is 10.6. The number of amides is 1. The maximum absolute atomic E-state index is 14.1. The summed E-state index contributed by atoms with van der Waals surface area (Å²) in [5.74, 6) is -0.348. The summed E-state index contributed by atoms with van der Waals surface area (Å²) >= 11 is 0. The van der Waals surface area contributed by atoms with Crippen molar-refractivity contribution in [3.8, 4) is 5.75 Å². The van der Waals surface area contributed by atoms with Crippen molar-refractivity contribution in [3.63, 3.8) is 0 Å². The fourth-order valence-corrected chi connectivity index (χ4v) is 5.60. The van der Waals surface area contributed by atoms with Crippen molar-refractivity contribution in [2.75, 3.05) is 32.1 Å². The standard InChI is InChI=1S/C19H19FN2O4S/c1-21-16-8-7-13(26-2)11-14(16)19(18(21)23)9-10-22(12-19)27(24,25)17-6-4-3-5-15(17)20/h3-8,11H,9-10,12H2,1-2H3. The topological polar surface area (TPSA) is 66.9 Å². The van der Waals surface area contributed by atoms with Gasteiger partial charge in [0.05, 0.1) is 12.5 Å². The van der Waals surface area contributed by atoms with E-state index in [1.807, 2.05) is 0 Å². The van der Waals surface area contributed by atoms with Crippen LogP contribution in [0.5, 0.6) is 5.75 Å². The molecular weight excluding hydrogens is 371 g/mol. The first kappa shape index (κ1) is 17.9. The molecule has 0 aliphatic carbocycles. The van der Waals surface area contributed by atoms with Crippen molar-refractivity contribution in [2.24, 2.45) is 0 Å². The Morgan fingerprint density at radius 2 is 1.93 bits per heavy atom. The predicted octanol–water partition coefficient (Wildman–Crippen LogP) is 2.14. The summed E-state index contributed by atoms with van der Waals surface area (Å²) in [5.41, 5.74) is 0.517. The highest BCUT2D eigenvalue weighted by atomic mass is 32.2. The Kier molecular flexibility index (Phi) is 4.01. The van der Waals surface area contributed by atoms with Crippen molar-refractivity contribution in [1.29, 1.82) is 0 Å². The Morgan fingerprint density at radius 1 is 1.19 bits per heavy atom. The highest BCUT2D eigenvalue weighted by Gasteiger charge is 2.55. The van der Waals surface area contributed by atoms with Gasteiger partial charge in [0.1, 0.15) is 16.5 Å². The third kappa shape index (κ3) is 2.47. The molecule has 2 aromatic carbocycles. The van der Waals surface area contributed by atoms with Gasteiger partial charge >= 0.3 is 0 Å². The van der Waals surface area contributed by atoms with E-state index in [-0.39, 0.29) is 23.9 Å². The fraction of sp³-hybridized carbons (Fsp3) is 0.316. The van der Waals surface area contributed by atoms with E-state index < -0.39 is 21.3 Å². The highest BCUT2D eigenvalue weighted by Crippen LogP contribution is 2.48. The lowest BCUT2D eigenvalue weighted by molar-refractivity contribution is -0.122. The van der Waals surface area contributed by atoms with Crippen LogP contribution in [-0.4, -0.2) is 45.9 Å². The number of halogens is 1. The first-order chi connectivity index (χ1) is 12.8. The second kappa shape index (κ2) is 6.03. The lowest BCUT2D eigenvalue weighted by Crippen LogP contribution is -2.42. The number of likely N-dealkylation sites (N-methyl/N-ethyl adjacent to an activating group) is 1. The molecule has 1 fully saturated rings. The average Bonchev–Trinajstić information content (AvgIpc) is 3.20. The minimum Gasteiger partial charge on any atom is -0.497 e. The van der Waals surface area contributed by atoms with E-state index in [4.69, 9.17) is 4.74 Å². The Bertz CT molecular complexity index is 1040. The first-order valence-corrected chi connectivity index (χ1v) is 9.96. The van der Waals surface area contributed by atoms with Crippen LogP contribution in [0.15, 0.2) is 47.4 Å². The zero-order valence-corrected chi connectivity index (χ0v) is 15.8. The second-order valence-corrected chi connectivity index (χ2v) is 8.75. The van der Waals surface area contributed by atoms with Crippen LogP contribution < -0.4 is 9.64 Å². The van der Waals surface area contributed by atoms with E-state index >= 15 is 0 Å². The van der Waals surface area contributed by atoms with E-state index in [1.54, 1.807) is 37.3 Å². The zero-order chi connectivity index (χ0) is 19.4. The summed E-state index contributed by atoms with van der Waals surface area (Å²) in [5, 5.41) is 0. The largest absolute Gasteiger partial charge is 0.497 e. The summed E-state index contributed by atoms with van der Waals surface area (Å²) in [6.07, 6.45) is 0.337. The van der Waals surface area contributed by atoms with Crippen molar-refractivity contribution < 1.29 is 22.3 Å². The number of hydrogen-bond acceptors (Lipinski definition) is 4. The summed E-state index contributed by atoms with van der Waals surface area (Å²) in [7, 11) is -0.818. The maximum Gasteiger partial charge on any atom is 0.246 e. The summed E-state index contributed by atoms with van der Waals surface area (Å²) < 4.78 is 46.5. The molecule has 27 heavy (non-hydrogen) atoms. The number of anilines is 1. The van der Waals surface area contributed by atoms with Gasteiger partial charge in [-0.05, 0) is 42.3 Å². The van der Waals surface area contributed by atoms with Gasteiger partial charge in [0.25, 0.3) is 0 Å². The number of methoxy groups -OCH3 is 1. The molecule has 0 saturated carbocycles. The quantitative estimate of drug-likeness (QED) is 0.805. The molecule has 6 nitrogen and oxygen atoms in total. The van der Waals surface area contributed by atoms with Crippen LogP contribution in [0.4, 0.5) is 10.1 Å². The highest BCUT2D eigenvalue weighted by molar-refractivity contribution is 7.89. The molecule has 2 heterocycles. The van der Waals surface area contributed by atoms with Gasteiger partial charge in [-0.3, -0.25) is 4.79 Å². The van der Waals surface area contributed by atoms with E-state index in [2.05, 4.69) is 0 Å². The van der Waals surface area contributed by atoms with Crippen molar-refractivity contribution in [2.45, 2.75) is 16.7 Å². The SMILES string of the molecule is COc1ccc2c(c1)C1(CCN(S(=O)(=O)c3ccccc3F)C1)C(=O)N2C. The van der Waals surface area contributed by atoms with Gasteiger partial charge in [-0.1, -0.05) is 12.1 Å². The van der Waals surface area contributed by atoms with Gasteiger partial charge < -0.3 is 9.64 Å². The monoisotopic (exact) mass is 390 g/mol. The Balaban J connectivity index is 1.76. The van der Waals surface area contributed by atoms with E-state index in [1.165, 1.54) is 22.5 Å². The summed E-state index contributed by atoms with van der Waals surface area (Å²) in [6.45, 7) is 0.125. The number of sulfonamides is 1. The molecule has 0 aromatic heterocycles. The maximum atomic E-state index is 14.1. The second-order valence-electron chi connectivity index (χ2n) is 6.85. The normalized spacial score (nSPS) is 22.5. The molecular formula is C19H19FN2O4S. The van der Waals surface area contributed by atoms with Crippen LogP contribution in [-0.2, 0) is 20.2 Å². The first-order valence-electron chi connectivity index (χ1n) is 8.52. The van der Waals surface area contributed by atoms with Gasteiger partial charge in [-0.2, -0.15) is 4.31 Å². The third-order valence-electron chi connectivity index (χ3n) is 5.48. The average molecular weight is 390 g/mol. The number of fused-ring (bicyclic) bond motifs is 2. The van der Waals surface area contributed by atoms with Crippen LogP contribution in [0.25, 0.3) is 0 Å². The van der Waals surface area contributed by atoms with Gasteiger partial charge in [0, 0.05) is 25.8 Å². The number of nitrogens with zero attached hydrogens (tertiary/aromatic N) is 2. The molecule has 2 aromatic rings. The van der Waals surface area contributed by atoms with E-state index in [9.17, 15) is 17.6 Å². The molecule has 1 unspecified atom stereocenters. The molecule has 0 radical (unpaired) electrons. The molecule has 1 saturated heterocycles. The molecule has 0 bridgehead atoms. The van der Waals surface area contributed by atoms with Gasteiger partial charge in [0.2, 0.25) is 15.9 Å². The number of hydrogen-bond donors (Lipinski definition) is 0. The Hall–Kier alpha value is -2.45. The molecule has 0 N–H and O–H groups in total. The van der Waals surface area contributed by atoms with Gasteiger partial charge in [0.15, 0.2) is 0 Å². The van der Waals surface area contributed by atoms with Crippen LogP contribution in [0.1, 0.15) is 12.0 Å². The number of carbonyl (C=O) groups is 1. The number of benzene rings is 2. The number of carbonyl (C=O) groups excluding carboxylic acids is 1. The van der Waals surface area contributed by atoms with Crippen molar-refractivity contribution in [1.82, 2.24) is 4.31 Å². The van der Waals surface area contributed by atoms with Crippen LogP contribution in [0.3, 0.4) is 0 Å². The zero-order valence-electron chi connectivity index (χ0n) is 15.0. The van der Waals surface area contributed by atoms with Gasteiger partial charge in [-0.15, -0.1) is 0 Å². The lowest BCUT2D eigenvalue weighted by Gasteiger charge is -2.23. The molecule has 2 aliphatic heterocycles. The Morgan fingerprint density at radius 3 is 2.63 bits per heavy atom. The predicted molar refractivity (Wildman–Crippen MR) is 97.9 cm³/mol. The fourth-order valence-electron chi connectivity index (χ4n) is 4.03. The van der Waals surface area contributed by atoms with E-state index in [0.717, 1.165) is 17.3 Å². The van der Waals surface area contributed by atoms with Crippen LogP contribution in [0, 0.1) is 5.82 Å². The minimum absolute atomic E-state index is 0.0208. The van der Waals surface area contributed by atoms with Crippen LogP contribution in [0.2, 0.25) is 0 Å². The van der Waals surface area contributed by atoms with E-state index in [0.29, 0.717) is 12.2 Å². The third-order valence-corrected chi connectivity index (χ3v) is 7.36. The molecule has 8 heteroatoms. The smallest absolute Gasteiger partial charge is 0.246 e. The molecule has 1 atom stereocenters. The van der Waals surface area contributed by atoms with Gasteiger partial charge in [-0.25, -0.2) is 12.8 Å². The molecule has 1 amide bonds. The summed E-state index contributed by atoms with van der Waals surface area (Å²) in [4.78, 5) is 14.2. The Labute approximate surface area is 157 Å². The molecule has 4 rings (SSSR count). The lowest BCUT2D eigenvalue weighted by atomic mass is 9.81. The minimum atomic E-state index is -4.04. The number of ether oxygens (including phenoxy) is 1. The number of rotatable bonds is 3. The molecule has 142 valence electrons. The van der Waals surface area contributed by atoms with Crippen molar-refractivity contribution in [3.05, 3.63) is 53.8 Å².